The lowest BCUT2D eigenvalue weighted by atomic mass is 10.4. The molecule has 0 fully saturated rings. The van der Waals surface area contributed by atoms with E-state index in [1.807, 2.05) is 6.92 Å². The van der Waals surface area contributed by atoms with E-state index in [-0.39, 0.29) is 28.6 Å². The minimum Gasteiger partial charge on any atom is -0.472 e. The van der Waals surface area contributed by atoms with Crippen molar-refractivity contribution in [2.24, 2.45) is 0 Å². The van der Waals surface area contributed by atoms with Crippen LogP contribution in [-0.2, 0) is 13.1 Å². The zero-order valence-corrected chi connectivity index (χ0v) is 18.1. The fourth-order valence-electron chi connectivity index (χ4n) is 3.19. The first kappa shape index (κ1) is 21.0. The van der Waals surface area contributed by atoms with Gasteiger partial charge in [-0.1, -0.05) is 11.6 Å². The molecule has 0 aliphatic carbocycles. The fourth-order valence-corrected chi connectivity index (χ4v) is 3.54. The van der Waals surface area contributed by atoms with Gasteiger partial charge in [-0.15, -0.1) is 5.10 Å². The molecule has 4 aromatic heterocycles. The van der Waals surface area contributed by atoms with Gasteiger partial charge in [-0.3, -0.25) is 10.1 Å². The van der Waals surface area contributed by atoms with Crippen molar-refractivity contribution >= 4 is 39.9 Å². The number of aryl methyl sites for hydroxylation is 2. The second kappa shape index (κ2) is 8.47. The molecule has 0 saturated heterocycles. The molecule has 162 valence electrons. The molecule has 0 radical (unpaired) electrons. The molecule has 0 atom stereocenters. The van der Waals surface area contributed by atoms with Gasteiger partial charge in [0.15, 0.2) is 16.6 Å². The van der Waals surface area contributed by atoms with Crippen LogP contribution in [0, 0.1) is 17.0 Å². The molecule has 31 heavy (non-hydrogen) atoms. The third-order valence-electron chi connectivity index (χ3n) is 4.61. The van der Waals surface area contributed by atoms with Crippen molar-refractivity contribution < 1.29 is 9.66 Å². The van der Waals surface area contributed by atoms with Crippen LogP contribution < -0.4 is 4.74 Å². The molecule has 14 heteroatoms. The van der Waals surface area contributed by atoms with Gasteiger partial charge in [0.1, 0.15) is 5.69 Å². The predicted octanol–water partition coefficient (Wildman–Crippen LogP) is 3.22. The number of ether oxygens (including phenoxy) is 1. The maximum Gasteiger partial charge on any atom is 0.353 e. The third-order valence-corrected chi connectivity index (χ3v) is 5.08. The van der Waals surface area contributed by atoms with Crippen molar-refractivity contribution in [2.45, 2.75) is 33.4 Å². The van der Waals surface area contributed by atoms with E-state index in [2.05, 4.69) is 25.3 Å². The standard InChI is InChI=1S/C17H17Cl2N9O3/c1-3-25-12(5-6-21-25)27-10(2)13(28(29)30)16(24-27)31-8-4-7-26-15-11(14(18)23-26)9-20-17(19)22-15/h5-6,9H,3-4,7-8H2,1-2H3. The summed E-state index contributed by atoms with van der Waals surface area (Å²) in [4.78, 5) is 19.2. The first-order chi connectivity index (χ1) is 14.9. The highest BCUT2D eigenvalue weighted by Gasteiger charge is 2.28. The zero-order chi connectivity index (χ0) is 22.1. The Morgan fingerprint density at radius 2 is 2.06 bits per heavy atom. The molecule has 0 amide bonds. The predicted molar refractivity (Wildman–Crippen MR) is 112 cm³/mol. The summed E-state index contributed by atoms with van der Waals surface area (Å²) in [5.41, 5.74) is 0.672. The van der Waals surface area contributed by atoms with Gasteiger partial charge in [-0.25, -0.2) is 19.0 Å². The number of rotatable bonds is 8. The summed E-state index contributed by atoms with van der Waals surface area (Å²) in [5, 5.41) is 25.3. The Bertz CT molecular complexity index is 1260. The van der Waals surface area contributed by atoms with Crippen molar-refractivity contribution in [3.05, 3.63) is 44.7 Å². The van der Waals surface area contributed by atoms with Crippen LogP contribution in [0.2, 0.25) is 10.4 Å². The second-order valence-corrected chi connectivity index (χ2v) is 7.20. The van der Waals surface area contributed by atoms with E-state index >= 15 is 0 Å². The van der Waals surface area contributed by atoms with E-state index in [9.17, 15) is 10.1 Å². The Hall–Kier alpha value is -3.25. The molecule has 0 aromatic carbocycles. The maximum absolute atomic E-state index is 11.6. The summed E-state index contributed by atoms with van der Waals surface area (Å²) >= 11 is 12.0. The van der Waals surface area contributed by atoms with Gasteiger partial charge in [0.2, 0.25) is 5.28 Å². The maximum atomic E-state index is 11.6. The first-order valence-electron chi connectivity index (χ1n) is 9.34. The van der Waals surface area contributed by atoms with Gasteiger partial charge in [0.25, 0.3) is 0 Å². The summed E-state index contributed by atoms with van der Waals surface area (Å²) in [6.45, 7) is 4.71. The van der Waals surface area contributed by atoms with Gasteiger partial charge in [-0.2, -0.15) is 15.2 Å². The number of hydrogen-bond donors (Lipinski definition) is 0. The largest absolute Gasteiger partial charge is 0.472 e. The Morgan fingerprint density at radius 1 is 1.26 bits per heavy atom. The quantitative estimate of drug-likeness (QED) is 0.167. The van der Waals surface area contributed by atoms with Crippen molar-refractivity contribution in [3.8, 4) is 11.7 Å². The number of halogens is 2. The minimum absolute atomic E-state index is 0.0555. The lowest BCUT2D eigenvalue weighted by molar-refractivity contribution is -0.386. The molecular weight excluding hydrogens is 449 g/mol. The SMILES string of the molecule is CCn1nccc1-n1nc(OCCCn2nc(Cl)c3cnc(Cl)nc32)c([N+](=O)[O-])c1C. The van der Waals surface area contributed by atoms with Crippen molar-refractivity contribution in [3.63, 3.8) is 0 Å². The van der Waals surface area contributed by atoms with Crippen LogP contribution in [0.5, 0.6) is 5.88 Å². The molecule has 4 aromatic rings. The molecule has 0 spiro atoms. The summed E-state index contributed by atoms with van der Waals surface area (Å²) in [6.07, 6.45) is 3.60. The Kier molecular flexibility index (Phi) is 5.74. The van der Waals surface area contributed by atoms with Gasteiger partial charge < -0.3 is 4.74 Å². The lowest BCUT2D eigenvalue weighted by Crippen LogP contribution is -2.09. The molecule has 0 saturated carbocycles. The topological polar surface area (TPSA) is 132 Å². The Labute approximate surface area is 185 Å². The third kappa shape index (κ3) is 3.91. The molecule has 0 bridgehead atoms. The highest BCUT2D eigenvalue weighted by molar-refractivity contribution is 6.34. The number of nitro groups is 1. The van der Waals surface area contributed by atoms with Gasteiger partial charge in [-0.05, 0) is 25.4 Å². The van der Waals surface area contributed by atoms with Crippen LogP contribution in [0.3, 0.4) is 0 Å². The van der Waals surface area contributed by atoms with E-state index in [4.69, 9.17) is 27.9 Å². The summed E-state index contributed by atoms with van der Waals surface area (Å²) in [6, 6.07) is 1.73. The lowest BCUT2D eigenvalue weighted by Gasteiger charge is -2.05. The number of aromatic nitrogens is 8. The molecular formula is C17H17Cl2N9O3. The van der Waals surface area contributed by atoms with Crippen LogP contribution in [0.1, 0.15) is 19.0 Å². The average Bonchev–Trinajstić information content (AvgIpc) is 3.41. The van der Waals surface area contributed by atoms with Crippen LogP contribution in [-0.4, -0.2) is 50.8 Å². The first-order valence-corrected chi connectivity index (χ1v) is 10.1. The zero-order valence-electron chi connectivity index (χ0n) is 16.6. The van der Waals surface area contributed by atoms with Crippen molar-refractivity contribution in [1.82, 2.24) is 39.3 Å². The van der Waals surface area contributed by atoms with Gasteiger partial charge >= 0.3 is 11.6 Å². The summed E-state index contributed by atoms with van der Waals surface area (Å²) in [7, 11) is 0. The smallest absolute Gasteiger partial charge is 0.353 e. The van der Waals surface area contributed by atoms with E-state index in [0.717, 1.165) is 0 Å². The van der Waals surface area contributed by atoms with Gasteiger partial charge in [0, 0.05) is 31.8 Å². The molecule has 4 heterocycles. The molecule has 0 aliphatic heterocycles. The van der Waals surface area contributed by atoms with Crippen molar-refractivity contribution in [1.29, 1.82) is 0 Å². The average molecular weight is 466 g/mol. The second-order valence-electron chi connectivity index (χ2n) is 6.51. The molecule has 4 rings (SSSR count). The highest BCUT2D eigenvalue weighted by atomic mass is 35.5. The molecule has 0 aliphatic rings. The van der Waals surface area contributed by atoms with Crippen LogP contribution >= 0.6 is 23.2 Å². The monoisotopic (exact) mass is 465 g/mol. The molecule has 12 nitrogen and oxygen atoms in total. The summed E-state index contributed by atoms with van der Waals surface area (Å²) in [5.74, 6) is 0.562. The number of hydrogen-bond acceptors (Lipinski definition) is 8. The van der Waals surface area contributed by atoms with Crippen LogP contribution in [0.4, 0.5) is 5.69 Å². The van der Waals surface area contributed by atoms with Crippen LogP contribution in [0.25, 0.3) is 16.9 Å². The fraction of sp³-hybridized carbons (Fsp3) is 0.353. The number of fused-ring (bicyclic) bond motifs is 1. The number of nitrogens with zero attached hydrogens (tertiary/aromatic N) is 9. The van der Waals surface area contributed by atoms with Gasteiger partial charge in [0.05, 0.1) is 23.1 Å². The molecule has 0 N–H and O–H groups in total. The summed E-state index contributed by atoms with van der Waals surface area (Å²) < 4.78 is 10.4. The van der Waals surface area contributed by atoms with Crippen LogP contribution in [0.15, 0.2) is 18.5 Å². The minimum atomic E-state index is -0.499. The normalized spacial score (nSPS) is 11.4. The Morgan fingerprint density at radius 3 is 2.81 bits per heavy atom. The van der Waals surface area contributed by atoms with Crippen molar-refractivity contribution in [2.75, 3.05) is 6.61 Å². The van der Waals surface area contributed by atoms with E-state index in [1.54, 1.807) is 28.6 Å². The van der Waals surface area contributed by atoms with E-state index in [0.29, 0.717) is 42.1 Å². The van der Waals surface area contributed by atoms with E-state index < -0.39 is 4.92 Å². The highest BCUT2D eigenvalue weighted by Crippen LogP contribution is 2.31. The Balaban J connectivity index is 1.51. The molecule has 0 unspecified atom stereocenters. The van der Waals surface area contributed by atoms with E-state index in [1.165, 1.54) is 10.9 Å².